The largest absolute Gasteiger partial charge is 0.395 e. The number of aliphatic hydroxyl groups excluding tert-OH is 2. The predicted molar refractivity (Wildman–Crippen MR) is 58.7 cm³/mol. The maximum atomic E-state index is 9.01. The fourth-order valence-electron chi connectivity index (χ4n) is 2.87. The van der Waals surface area contributed by atoms with E-state index in [4.69, 9.17) is 10.2 Å². The Kier molecular flexibility index (Phi) is 3.97. The fourth-order valence-corrected chi connectivity index (χ4v) is 2.87. The van der Waals surface area contributed by atoms with Gasteiger partial charge in [-0.15, -0.1) is 0 Å². The van der Waals surface area contributed by atoms with E-state index in [0.29, 0.717) is 6.04 Å². The van der Waals surface area contributed by atoms with Gasteiger partial charge in [-0.3, -0.25) is 0 Å². The SMILES string of the molecule is OCC(CO)NC1CCN2CCCC2C1. The number of piperidine rings is 1. The van der Waals surface area contributed by atoms with Crippen molar-refractivity contribution >= 4 is 0 Å². The van der Waals surface area contributed by atoms with Gasteiger partial charge in [0.1, 0.15) is 0 Å². The molecule has 4 heteroatoms. The van der Waals surface area contributed by atoms with E-state index < -0.39 is 0 Å². The maximum Gasteiger partial charge on any atom is 0.0607 e. The molecule has 2 saturated heterocycles. The molecule has 0 amide bonds. The lowest BCUT2D eigenvalue weighted by Gasteiger charge is -2.36. The van der Waals surface area contributed by atoms with Crippen molar-refractivity contribution in [2.24, 2.45) is 0 Å². The van der Waals surface area contributed by atoms with Gasteiger partial charge in [0.15, 0.2) is 0 Å². The minimum Gasteiger partial charge on any atom is -0.395 e. The Morgan fingerprint density at radius 3 is 2.73 bits per heavy atom. The van der Waals surface area contributed by atoms with Crippen LogP contribution in [0.15, 0.2) is 0 Å². The topological polar surface area (TPSA) is 55.7 Å². The Labute approximate surface area is 91.3 Å². The Hall–Kier alpha value is -0.160. The highest BCUT2D eigenvalue weighted by Gasteiger charge is 2.32. The average Bonchev–Trinajstić information content (AvgIpc) is 2.73. The lowest BCUT2D eigenvalue weighted by Crippen LogP contribution is -2.50. The summed E-state index contributed by atoms with van der Waals surface area (Å²) in [7, 11) is 0. The van der Waals surface area contributed by atoms with Crippen LogP contribution < -0.4 is 5.32 Å². The van der Waals surface area contributed by atoms with Gasteiger partial charge in [-0.1, -0.05) is 0 Å². The van der Waals surface area contributed by atoms with Crippen LogP contribution in [0, 0.1) is 0 Å². The van der Waals surface area contributed by atoms with Crippen molar-refractivity contribution in [3.8, 4) is 0 Å². The van der Waals surface area contributed by atoms with Gasteiger partial charge in [-0.2, -0.15) is 0 Å². The molecule has 0 aliphatic carbocycles. The van der Waals surface area contributed by atoms with Gasteiger partial charge in [-0.25, -0.2) is 0 Å². The van der Waals surface area contributed by atoms with Crippen LogP contribution in [0.1, 0.15) is 25.7 Å². The van der Waals surface area contributed by atoms with E-state index in [9.17, 15) is 0 Å². The van der Waals surface area contributed by atoms with Crippen LogP contribution in [0.5, 0.6) is 0 Å². The lowest BCUT2D eigenvalue weighted by molar-refractivity contribution is 0.124. The summed E-state index contributed by atoms with van der Waals surface area (Å²) in [6.45, 7) is 2.50. The van der Waals surface area contributed by atoms with Gasteiger partial charge >= 0.3 is 0 Å². The molecule has 2 aliphatic rings. The summed E-state index contributed by atoms with van der Waals surface area (Å²) >= 11 is 0. The molecule has 3 N–H and O–H groups in total. The summed E-state index contributed by atoms with van der Waals surface area (Å²) in [6, 6.07) is 1.09. The molecule has 0 aromatic carbocycles. The number of nitrogens with one attached hydrogen (secondary N) is 1. The lowest BCUT2D eigenvalue weighted by atomic mass is 9.97. The molecular formula is C11H22N2O2. The molecule has 2 atom stereocenters. The van der Waals surface area contributed by atoms with Gasteiger partial charge in [0, 0.05) is 12.1 Å². The molecule has 0 aromatic rings. The molecule has 2 unspecified atom stereocenters. The zero-order valence-corrected chi connectivity index (χ0v) is 9.23. The summed E-state index contributed by atoms with van der Waals surface area (Å²) in [4.78, 5) is 2.57. The van der Waals surface area contributed by atoms with Crippen molar-refractivity contribution in [2.45, 2.75) is 43.8 Å². The minimum atomic E-state index is -0.136. The minimum absolute atomic E-state index is 0.0291. The molecule has 0 saturated carbocycles. The van der Waals surface area contributed by atoms with Gasteiger partial charge in [0.2, 0.25) is 0 Å². The second-order valence-electron chi connectivity index (χ2n) is 4.78. The zero-order valence-electron chi connectivity index (χ0n) is 9.23. The Morgan fingerprint density at radius 1 is 1.20 bits per heavy atom. The summed E-state index contributed by atoms with van der Waals surface area (Å²) in [5.74, 6) is 0. The molecular weight excluding hydrogens is 192 g/mol. The molecule has 4 nitrogen and oxygen atoms in total. The van der Waals surface area contributed by atoms with Crippen molar-refractivity contribution < 1.29 is 10.2 Å². The third kappa shape index (κ3) is 2.69. The van der Waals surface area contributed by atoms with Crippen LogP contribution in [0.2, 0.25) is 0 Å². The van der Waals surface area contributed by atoms with Crippen LogP contribution in [0.4, 0.5) is 0 Å². The predicted octanol–water partition coefficient (Wildman–Crippen LogP) is -0.444. The second-order valence-corrected chi connectivity index (χ2v) is 4.78. The van der Waals surface area contributed by atoms with Crippen molar-refractivity contribution in [3.05, 3.63) is 0 Å². The van der Waals surface area contributed by atoms with Crippen LogP contribution in [-0.2, 0) is 0 Å². The molecule has 2 fully saturated rings. The number of hydrogen-bond donors (Lipinski definition) is 3. The van der Waals surface area contributed by atoms with Crippen LogP contribution in [0.3, 0.4) is 0 Å². The van der Waals surface area contributed by atoms with Crippen molar-refractivity contribution in [1.82, 2.24) is 10.2 Å². The summed E-state index contributed by atoms with van der Waals surface area (Å²) in [5, 5.41) is 21.4. The molecule has 0 spiro atoms. The van der Waals surface area contributed by atoms with Crippen molar-refractivity contribution in [1.29, 1.82) is 0 Å². The van der Waals surface area contributed by atoms with E-state index >= 15 is 0 Å². The first-order chi connectivity index (χ1) is 7.33. The average molecular weight is 214 g/mol. The number of aliphatic hydroxyl groups is 2. The molecule has 2 aliphatic heterocycles. The first kappa shape index (κ1) is 11.3. The van der Waals surface area contributed by atoms with Gasteiger partial charge in [0.25, 0.3) is 0 Å². The number of nitrogens with zero attached hydrogens (tertiary/aromatic N) is 1. The highest BCUT2D eigenvalue weighted by atomic mass is 16.3. The van der Waals surface area contributed by atoms with E-state index in [-0.39, 0.29) is 19.3 Å². The van der Waals surface area contributed by atoms with Crippen molar-refractivity contribution in [3.63, 3.8) is 0 Å². The van der Waals surface area contributed by atoms with Gasteiger partial charge in [-0.05, 0) is 38.8 Å². The third-order valence-corrected chi connectivity index (χ3v) is 3.73. The fraction of sp³-hybridized carbons (Fsp3) is 1.00. The highest BCUT2D eigenvalue weighted by molar-refractivity contribution is 4.90. The third-order valence-electron chi connectivity index (χ3n) is 3.73. The van der Waals surface area contributed by atoms with Gasteiger partial charge < -0.3 is 20.4 Å². The van der Waals surface area contributed by atoms with E-state index in [1.165, 1.54) is 32.4 Å². The van der Waals surface area contributed by atoms with E-state index in [1.807, 2.05) is 0 Å². The van der Waals surface area contributed by atoms with E-state index in [0.717, 1.165) is 12.5 Å². The molecule has 0 aromatic heterocycles. The highest BCUT2D eigenvalue weighted by Crippen LogP contribution is 2.26. The van der Waals surface area contributed by atoms with E-state index in [1.54, 1.807) is 0 Å². The quantitative estimate of drug-likeness (QED) is 0.594. The first-order valence-electron chi connectivity index (χ1n) is 6.05. The molecule has 88 valence electrons. The number of fused-ring (bicyclic) bond motifs is 1. The normalized spacial score (nSPS) is 32.2. The molecule has 15 heavy (non-hydrogen) atoms. The van der Waals surface area contributed by atoms with E-state index in [2.05, 4.69) is 10.2 Å². The second kappa shape index (κ2) is 5.25. The summed E-state index contributed by atoms with van der Waals surface area (Å²) in [5.41, 5.74) is 0. The standard InChI is InChI=1S/C11H22N2O2/c14-7-10(8-15)12-9-3-5-13-4-1-2-11(13)6-9/h9-12,14-15H,1-8H2. The van der Waals surface area contributed by atoms with Crippen LogP contribution in [0.25, 0.3) is 0 Å². The number of hydrogen-bond acceptors (Lipinski definition) is 4. The summed E-state index contributed by atoms with van der Waals surface area (Å²) < 4.78 is 0. The Balaban J connectivity index is 1.79. The Morgan fingerprint density at radius 2 is 2.00 bits per heavy atom. The molecule has 0 radical (unpaired) electrons. The zero-order chi connectivity index (χ0) is 10.7. The van der Waals surface area contributed by atoms with Crippen molar-refractivity contribution in [2.75, 3.05) is 26.3 Å². The van der Waals surface area contributed by atoms with Crippen LogP contribution >= 0.6 is 0 Å². The van der Waals surface area contributed by atoms with Gasteiger partial charge in [0.05, 0.1) is 19.3 Å². The maximum absolute atomic E-state index is 9.01. The smallest absolute Gasteiger partial charge is 0.0607 e. The van der Waals surface area contributed by atoms with Crippen LogP contribution in [-0.4, -0.2) is 59.5 Å². The number of rotatable bonds is 4. The first-order valence-corrected chi connectivity index (χ1v) is 6.05. The molecule has 2 rings (SSSR count). The molecule has 2 heterocycles. The Bertz CT molecular complexity index is 195. The summed E-state index contributed by atoms with van der Waals surface area (Å²) in [6.07, 6.45) is 4.98. The molecule has 0 bridgehead atoms. The monoisotopic (exact) mass is 214 g/mol.